The van der Waals surface area contributed by atoms with E-state index in [0.717, 1.165) is 50.6 Å². The van der Waals surface area contributed by atoms with Crippen molar-refractivity contribution in [2.24, 2.45) is 0 Å². The molecule has 1 N–H and O–H groups in total. The number of carbonyl (C=O) groups excluding carboxylic acids is 1. The molecule has 2 aromatic rings. The Labute approximate surface area is 167 Å². The second-order valence-electron chi connectivity index (χ2n) is 6.42. The highest BCUT2D eigenvalue weighted by Crippen LogP contribution is 2.31. The summed E-state index contributed by atoms with van der Waals surface area (Å²) in [5.41, 5.74) is 2.26. The number of thiazole rings is 1. The van der Waals surface area contributed by atoms with Crippen LogP contribution in [0.15, 0.2) is 35.2 Å². The Bertz CT molecular complexity index is 771. The standard InChI is InChI=1S/C18H21N3O3S.CH2O2/c22-18(15-12-25-13-19-15)21-7-3-6-20(8-9-21)10-14-11-23-16-4-1-2-5-17(16)24-14;2-1-3/h1-2,4-5,12-14H,3,6-11H2;1H,(H,2,3). The van der Waals surface area contributed by atoms with Crippen LogP contribution in [-0.4, -0.2) is 77.7 Å². The molecule has 0 bridgehead atoms. The van der Waals surface area contributed by atoms with E-state index in [2.05, 4.69) is 9.88 Å². The van der Waals surface area contributed by atoms with Crippen LogP contribution in [0.1, 0.15) is 16.9 Å². The number of rotatable bonds is 3. The largest absolute Gasteiger partial charge is 0.486 e. The second kappa shape index (κ2) is 10.0. The van der Waals surface area contributed by atoms with Gasteiger partial charge < -0.3 is 19.5 Å². The van der Waals surface area contributed by atoms with Gasteiger partial charge in [-0.1, -0.05) is 12.1 Å². The maximum atomic E-state index is 12.5. The number of nitrogens with zero attached hydrogens (tertiary/aromatic N) is 3. The minimum atomic E-state index is -0.250. The Morgan fingerprint density at radius 3 is 2.79 bits per heavy atom. The zero-order valence-electron chi connectivity index (χ0n) is 15.4. The van der Waals surface area contributed by atoms with Gasteiger partial charge in [0.15, 0.2) is 11.5 Å². The normalized spacial score (nSPS) is 19.1. The molecule has 1 aromatic carbocycles. The van der Waals surface area contributed by atoms with Gasteiger partial charge in [0.25, 0.3) is 12.4 Å². The molecule has 28 heavy (non-hydrogen) atoms. The highest BCUT2D eigenvalue weighted by Gasteiger charge is 2.26. The number of carboxylic acid groups (broad SMARTS) is 1. The van der Waals surface area contributed by atoms with Crippen LogP contribution in [-0.2, 0) is 4.79 Å². The van der Waals surface area contributed by atoms with Crippen molar-refractivity contribution in [1.29, 1.82) is 0 Å². The molecular formula is C19H23N3O5S. The Morgan fingerprint density at radius 1 is 1.25 bits per heavy atom. The molecule has 1 atom stereocenters. The molecule has 1 saturated heterocycles. The lowest BCUT2D eigenvalue weighted by Crippen LogP contribution is -2.42. The van der Waals surface area contributed by atoms with Crippen LogP contribution < -0.4 is 9.47 Å². The summed E-state index contributed by atoms with van der Waals surface area (Å²) in [6.07, 6.45) is 0.982. The van der Waals surface area contributed by atoms with E-state index < -0.39 is 0 Å². The highest BCUT2D eigenvalue weighted by molar-refractivity contribution is 7.07. The molecule has 0 aliphatic carbocycles. The predicted molar refractivity (Wildman–Crippen MR) is 104 cm³/mol. The fraction of sp³-hybridized carbons (Fsp3) is 0.421. The summed E-state index contributed by atoms with van der Waals surface area (Å²) >= 11 is 1.46. The number of benzene rings is 1. The predicted octanol–water partition coefficient (Wildman–Crippen LogP) is 1.83. The van der Waals surface area contributed by atoms with Crippen molar-refractivity contribution in [1.82, 2.24) is 14.8 Å². The number of ether oxygens (including phenoxy) is 2. The molecule has 2 aliphatic heterocycles. The van der Waals surface area contributed by atoms with E-state index in [4.69, 9.17) is 19.4 Å². The number of fused-ring (bicyclic) bond motifs is 1. The lowest BCUT2D eigenvalue weighted by Gasteiger charge is -2.30. The van der Waals surface area contributed by atoms with Gasteiger partial charge in [0, 0.05) is 38.1 Å². The van der Waals surface area contributed by atoms with Crippen molar-refractivity contribution in [2.45, 2.75) is 12.5 Å². The molecule has 0 saturated carbocycles. The van der Waals surface area contributed by atoms with Crippen LogP contribution in [0.3, 0.4) is 0 Å². The first-order valence-electron chi connectivity index (χ1n) is 9.07. The Hall–Kier alpha value is -2.65. The first-order valence-corrected chi connectivity index (χ1v) is 10.0. The monoisotopic (exact) mass is 405 g/mol. The summed E-state index contributed by atoms with van der Waals surface area (Å²) in [5, 5.41) is 8.70. The summed E-state index contributed by atoms with van der Waals surface area (Å²) < 4.78 is 11.8. The second-order valence-corrected chi connectivity index (χ2v) is 7.14. The van der Waals surface area contributed by atoms with Crippen molar-refractivity contribution in [2.75, 3.05) is 39.3 Å². The van der Waals surface area contributed by atoms with Gasteiger partial charge in [0.1, 0.15) is 18.4 Å². The third-order valence-electron chi connectivity index (χ3n) is 4.56. The molecule has 0 spiro atoms. The number of para-hydroxylation sites is 2. The van der Waals surface area contributed by atoms with E-state index in [-0.39, 0.29) is 18.5 Å². The number of amides is 1. The topological polar surface area (TPSA) is 92.2 Å². The molecule has 8 nitrogen and oxygen atoms in total. The van der Waals surface area contributed by atoms with Gasteiger partial charge in [0.2, 0.25) is 0 Å². The van der Waals surface area contributed by atoms with Crippen molar-refractivity contribution in [3.8, 4) is 11.5 Å². The van der Waals surface area contributed by atoms with Crippen molar-refractivity contribution >= 4 is 23.7 Å². The minimum Gasteiger partial charge on any atom is -0.486 e. The smallest absolute Gasteiger partial charge is 0.290 e. The Kier molecular flexibility index (Phi) is 7.21. The van der Waals surface area contributed by atoms with Crippen LogP contribution in [0.5, 0.6) is 11.5 Å². The lowest BCUT2D eigenvalue weighted by molar-refractivity contribution is -0.122. The van der Waals surface area contributed by atoms with E-state index >= 15 is 0 Å². The molecule has 4 rings (SSSR count). The Balaban J connectivity index is 0.000000706. The maximum Gasteiger partial charge on any atom is 0.290 e. The molecule has 1 amide bonds. The fourth-order valence-electron chi connectivity index (χ4n) is 3.28. The van der Waals surface area contributed by atoms with Gasteiger partial charge in [0.05, 0.1) is 5.51 Å². The van der Waals surface area contributed by atoms with Crippen molar-refractivity contribution in [3.05, 3.63) is 40.8 Å². The highest BCUT2D eigenvalue weighted by atomic mass is 32.1. The van der Waals surface area contributed by atoms with Crippen LogP contribution in [0, 0.1) is 0 Å². The number of hydrogen-bond acceptors (Lipinski definition) is 7. The SMILES string of the molecule is O=C(c1cscn1)N1CCCN(CC2COc3ccccc3O2)CC1.O=CO. The van der Waals surface area contributed by atoms with E-state index in [9.17, 15) is 4.79 Å². The molecular weight excluding hydrogens is 382 g/mol. The van der Waals surface area contributed by atoms with Gasteiger partial charge in [-0.05, 0) is 18.6 Å². The van der Waals surface area contributed by atoms with Crippen LogP contribution in [0.25, 0.3) is 0 Å². The number of aromatic nitrogens is 1. The third-order valence-corrected chi connectivity index (χ3v) is 5.14. The molecule has 150 valence electrons. The Morgan fingerprint density at radius 2 is 2.04 bits per heavy atom. The van der Waals surface area contributed by atoms with E-state index in [0.29, 0.717) is 12.3 Å². The van der Waals surface area contributed by atoms with Gasteiger partial charge >= 0.3 is 0 Å². The summed E-state index contributed by atoms with van der Waals surface area (Å²) in [7, 11) is 0. The molecule has 3 heterocycles. The molecule has 9 heteroatoms. The first-order chi connectivity index (χ1) is 13.7. The van der Waals surface area contributed by atoms with Crippen LogP contribution >= 0.6 is 11.3 Å². The van der Waals surface area contributed by atoms with Crippen molar-refractivity contribution in [3.63, 3.8) is 0 Å². The summed E-state index contributed by atoms with van der Waals surface area (Å²) in [6.45, 7) is 4.43. The molecule has 1 aromatic heterocycles. The van der Waals surface area contributed by atoms with Gasteiger partial charge in [-0.3, -0.25) is 14.5 Å². The molecule has 2 aliphatic rings. The zero-order valence-corrected chi connectivity index (χ0v) is 16.2. The van der Waals surface area contributed by atoms with Crippen LogP contribution in [0.4, 0.5) is 0 Å². The van der Waals surface area contributed by atoms with Crippen LogP contribution in [0.2, 0.25) is 0 Å². The minimum absolute atomic E-state index is 0.0238. The number of carbonyl (C=O) groups is 2. The van der Waals surface area contributed by atoms with E-state index in [1.165, 1.54) is 11.3 Å². The molecule has 1 fully saturated rings. The van der Waals surface area contributed by atoms with E-state index in [1.54, 1.807) is 5.51 Å². The fourth-order valence-corrected chi connectivity index (χ4v) is 3.80. The molecule has 0 radical (unpaired) electrons. The summed E-state index contributed by atoms with van der Waals surface area (Å²) in [6, 6.07) is 7.78. The maximum absolute atomic E-state index is 12.5. The lowest BCUT2D eigenvalue weighted by atomic mass is 10.2. The van der Waals surface area contributed by atoms with Gasteiger partial charge in [-0.15, -0.1) is 11.3 Å². The third kappa shape index (κ3) is 5.20. The van der Waals surface area contributed by atoms with Gasteiger partial charge in [-0.25, -0.2) is 4.98 Å². The molecule has 1 unspecified atom stereocenters. The number of hydrogen-bond donors (Lipinski definition) is 1. The summed E-state index contributed by atoms with van der Waals surface area (Å²) in [4.78, 5) is 29.2. The van der Waals surface area contributed by atoms with E-state index in [1.807, 2.05) is 34.5 Å². The first kappa shape index (κ1) is 20.1. The van der Waals surface area contributed by atoms with Gasteiger partial charge in [-0.2, -0.15) is 0 Å². The summed E-state index contributed by atoms with van der Waals surface area (Å²) in [5.74, 6) is 1.66. The zero-order chi connectivity index (χ0) is 19.8. The quantitative estimate of drug-likeness (QED) is 0.779. The average molecular weight is 405 g/mol. The van der Waals surface area contributed by atoms with Crippen molar-refractivity contribution < 1.29 is 24.2 Å². The average Bonchev–Trinajstić information content (AvgIpc) is 3.15.